The highest BCUT2D eigenvalue weighted by molar-refractivity contribution is 5.05. The Morgan fingerprint density at radius 3 is 2.27 bits per heavy atom. The lowest BCUT2D eigenvalue weighted by atomic mass is 10.0. The van der Waals surface area contributed by atoms with Crippen molar-refractivity contribution in [2.45, 2.75) is 59.3 Å². The van der Waals surface area contributed by atoms with Gasteiger partial charge >= 0.3 is 0 Å². The van der Waals surface area contributed by atoms with E-state index in [9.17, 15) is 0 Å². The van der Waals surface area contributed by atoms with Gasteiger partial charge in [-0.05, 0) is 45.4 Å². The van der Waals surface area contributed by atoms with Crippen LogP contribution in [-0.4, -0.2) is 0 Å². The Balaban J connectivity index is 3.89. The summed E-state index contributed by atoms with van der Waals surface area (Å²) in [5.41, 5.74) is 3.11. The highest BCUT2D eigenvalue weighted by atomic mass is 14.0. The van der Waals surface area contributed by atoms with E-state index >= 15 is 0 Å². The average molecular weight is 206 g/mol. The lowest BCUT2D eigenvalue weighted by Gasteiger charge is -2.03. The Morgan fingerprint density at radius 1 is 1.00 bits per heavy atom. The summed E-state index contributed by atoms with van der Waals surface area (Å²) in [4.78, 5) is 0. The van der Waals surface area contributed by atoms with Crippen molar-refractivity contribution in [2.24, 2.45) is 0 Å². The summed E-state index contributed by atoms with van der Waals surface area (Å²) in [6.07, 6.45) is 13.8. The maximum Gasteiger partial charge on any atom is -0.0286 e. The van der Waals surface area contributed by atoms with Crippen LogP contribution in [-0.2, 0) is 0 Å². The van der Waals surface area contributed by atoms with Gasteiger partial charge in [0.05, 0.1) is 0 Å². The first-order valence-electron chi connectivity index (χ1n) is 6.19. The molecule has 0 aliphatic rings. The van der Waals surface area contributed by atoms with Crippen LogP contribution in [0.4, 0.5) is 0 Å². The summed E-state index contributed by atoms with van der Waals surface area (Å²) in [6.45, 7) is 10.4. The second-order valence-corrected chi connectivity index (χ2v) is 4.02. The molecule has 0 rings (SSSR count). The molecule has 86 valence electrons. The van der Waals surface area contributed by atoms with Crippen LogP contribution in [0.5, 0.6) is 0 Å². The van der Waals surface area contributed by atoms with Crippen LogP contribution < -0.4 is 0 Å². The molecule has 0 aliphatic carbocycles. The van der Waals surface area contributed by atoms with Gasteiger partial charge < -0.3 is 0 Å². The highest BCUT2D eigenvalue weighted by Gasteiger charge is 1.93. The van der Waals surface area contributed by atoms with Crippen LogP contribution in [0, 0.1) is 0 Å². The van der Waals surface area contributed by atoms with Crippen molar-refractivity contribution in [3.05, 3.63) is 36.0 Å². The van der Waals surface area contributed by atoms with Crippen LogP contribution in [0.2, 0.25) is 0 Å². The summed E-state index contributed by atoms with van der Waals surface area (Å²) < 4.78 is 0. The molecule has 15 heavy (non-hydrogen) atoms. The average Bonchev–Trinajstić information content (AvgIpc) is 2.26. The molecule has 0 aliphatic heterocycles. The molecule has 0 bridgehead atoms. The summed E-state index contributed by atoms with van der Waals surface area (Å²) in [5.74, 6) is 0. The van der Waals surface area contributed by atoms with Gasteiger partial charge in [-0.1, -0.05) is 43.2 Å². The normalized spacial score (nSPS) is 13.0. The van der Waals surface area contributed by atoms with Gasteiger partial charge in [0, 0.05) is 0 Å². The number of rotatable bonds is 8. The third kappa shape index (κ3) is 8.23. The summed E-state index contributed by atoms with van der Waals surface area (Å²) in [6, 6.07) is 0. The predicted octanol–water partition coefficient (Wildman–Crippen LogP) is 5.43. The molecule has 0 spiro atoms. The van der Waals surface area contributed by atoms with Gasteiger partial charge in [0.15, 0.2) is 0 Å². The van der Waals surface area contributed by atoms with Gasteiger partial charge in [-0.2, -0.15) is 0 Å². The lowest BCUT2D eigenvalue weighted by Crippen LogP contribution is -1.82. The van der Waals surface area contributed by atoms with Gasteiger partial charge in [-0.25, -0.2) is 0 Å². The smallest absolute Gasteiger partial charge is 0.0286 e. The largest absolute Gasteiger partial charge is 0.103 e. The van der Waals surface area contributed by atoms with Crippen molar-refractivity contribution in [3.8, 4) is 0 Å². The number of hydrogen-bond donors (Lipinski definition) is 0. The first kappa shape index (κ1) is 14.2. The van der Waals surface area contributed by atoms with E-state index < -0.39 is 0 Å². The van der Waals surface area contributed by atoms with Gasteiger partial charge in [0.2, 0.25) is 0 Å². The van der Waals surface area contributed by atoms with Gasteiger partial charge in [0.25, 0.3) is 0 Å². The Hall–Kier alpha value is -0.780. The van der Waals surface area contributed by atoms with Gasteiger partial charge in [-0.15, -0.1) is 6.58 Å². The van der Waals surface area contributed by atoms with Crippen molar-refractivity contribution in [1.82, 2.24) is 0 Å². The number of allylic oxidation sites excluding steroid dienone is 5. The van der Waals surface area contributed by atoms with Crippen molar-refractivity contribution < 1.29 is 0 Å². The Kier molecular flexibility index (Phi) is 9.26. The molecule has 0 nitrogen and oxygen atoms in total. The van der Waals surface area contributed by atoms with Gasteiger partial charge in [0.1, 0.15) is 0 Å². The Morgan fingerprint density at radius 2 is 1.73 bits per heavy atom. The topological polar surface area (TPSA) is 0 Å². The van der Waals surface area contributed by atoms with E-state index in [0.717, 1.165) is 12.8 Å². The zero-order valence-electron chi connectivity index (χ0n) is 10.7. The van der Waals surface area contributed by atoms with E-state index in [1.54, 1.807) is 5.57 Å². The zero-order valence-corrected chi connectivity index (χ0v) is 10.7. The minimum absolute atomic E-state index is 1.10. The quantitative estimate of drug-likeness (QED) is 0.367. The van der Waals surface area contributed by atoms with Crippen LogP contribution in [0.1, 0.15) is 59.3 Å². The summed E-state index contributed by atoms with van der Waals surface area (Å²) in [7, 11) is 0. The van der Waals surface area contributed by atoms with E-state index in [0.29, 0.717) is 0 Å². The minimum atomic E-state index is 1.10. The molecular formula is C15H26. The van der Waals surface area contributed by atoms with Crippen molar-refractivity contribution in [2.75, 3.05) is 0 Å². The monoisotopic (exact) mass is 206 g/mol. The Labute approximate surface area is 95.8 Å². The minimum Gasteiger partial charge on any atom is -0.103 e. The maximum atomic E-state index is 3.74. The SMILES string of the molecule is C=CCCC=C(CC)CCC=C(C)CC. The third-order valence-corrected chi connectivity index (χ3v) is 2.77. The Bertz CT molecular complexity index is 218. The molecule has 0 unspecified atom stereocenters. The number of hydrogen-bond acceptors (Lipinski definition) is 0. The summed E-state index contributed by atoms with van der Waals surface area (Å²) in [5, 5.41) is 0. The van der Waals surface area contributed by atoms with Crippen molar-refractivity contribution in [3.63, 3.8) is 0 Å². The van der Waals surface area contributed by atoms with Gasteiger partial charge in [-0.3, -0.25) is 0 Å². The lowest BCUT2D eigenvalue weighted by molar-refractivity contribution is 0.875. The molecule has 0 fully saturated rings. The van der Waals surface area contributed by atoms with E-state index in [1.807, 2.05) is 6.08 Å². The molecule has 0 saturated heterocycles. The van der Waals surface area contributed by atoms with Crippen LogP contribution in [0.25, 0.3) is 0 Å². The number of unbranched alkanes of at least 4 members (excludes halogenated alkanes) is 1. The molecule has 0 atom stereocenters. The van der Waals surface area contributed by atoms with E-state index in [2.05, 4.69) is 39.5 Å². The van der Waals surface area contributed by atoms with E-state index in [-0.39, 0.29) is 0 Å². The first-order valence-corrected chi connectivity index (χ1v) is 6.19. The fourth-order valence-electron chi connectivity index (χ4n) is 1.48. The molecule has 0 aromatic heterocycles. The van der Waals surface area contributed by atoms with Crippen LogP contribution >= 0.6 is 0 Å². The molecule has 0 N–H and O–H groups in total. The third-order valence-electron chi connectivity index (χ3n) is 2.77. The molecule has 0 aromatic rings. The van der Waals surface area contributed by atoms with Crippen molar-refractivity contribution in [1.29, 1.82) is 0 Å². The second kappa shape index (κ2) is 9.76. The molecular weight excluding hydrogens is 180 g/mol. The van der Waals surface area contributed by atoms with Crippen LogP contribution in [0.3, 0.4) is 0 Å². The molecule has 0 aromatic carbocycles. The maximum absolute atomic E-state index is 3.74. The van der Waals surface area contributed by atoms with E-state index in [1.165, 1.54) is 31.3 Å². The molecule has 0 heteroatoms. The standard InChI is InChI=1S/C15H26/c1-5-8-9-12-15(7-3)13-10-11-14(4)6-2/h5,11-12H,1,6-10,13H2,2-4H3. The molecule has 0 heterocycles. The molecule has 0 amide bonds. The molecule has 0 saturated carbocycles. The second-order valence-electron chi connectivity index (χ2n) is 4.02. The highest BCUT2D eigenvalue weighted by Crippen LogP contribution is 2.13. The van der Waals surface area contributed by atoms with Crippen LogP contribution in [0.15, 0.2) is 36.0 Å². The van der Waals surface area contributed by atoms with Crippen molar-refractivity contribution >= 4 is 0 Å². The fraction of sp³-hybridized carbons (Fsp3) is 0.600. The first-order chi connectivity index (χ1) is 7.24. The molecule has 0 radical (unpaired) electrons. The van der Waals surface area contributed by atoms with E-state index in [4.69, 9.17) is 0 Å². The fourth-order valence-corrected chi connectivity index (χ4v) is 1.48. The predicted molar refractivity (Wildman–Crippen MR) is 71.1 cm³/mol. The summed E-state index contributed by atoms with van der Waals surface area (Å²) >= 11 is 0. The zero-order chi connectivity index (χ0) is 11.5.